The van der Waals surface area contributed by atoms with Crippen LogP contribution in [-0.4, -0.2) is 19.6 Å². The summed E-state index contributed by atoms with van der Waals surface area (Å²) in [6, 6.07) is 14.1. The molecule has 0 aliphatic carbocycles. The normalized spacial score (nSPS) is 11.5. The van der Waals surface area contributed by atoms with Crippen LogP contribution >= 0.6 is 0 Å². The molecule has 5 heteroatoms. The molecule has 0 heterocycles. The van der Waals surface area contributed by atoms with Crippen molar-refractivity contribution < 1.29 is 14.3 Å². The van der Waals surface area contributed by atoms with Crippen molar-refractivity contribution in [1.82, 2.24) is 5.32 Å². The molecule has 0 aromatic heterocycles. The Morgan fingerprint density at radius 2 is 1.92 bits per heavy atom. The van der Waals surface area contributed by atoms with Gasteiger partial charge < -0.3 is 14.8 Å². The lowest BCUT2D eigenvalue weighted by molar-refractivity contribution is 0.0940. The summed E-state index contributed by atoms with van der Waals surface area (Å²) >= 11 is 0. The third-order valence-corrected chi connectivity index (χ3v) is 3.86. The van der Waals surface area contributed by atoms with Gasteiger partial charge in [0, 0.05) is 5.56 Å². The highest BCUT2D eigenvalue weighted by Gasteiger charge is 2.14. The molecule has 136 valence electrons. The Kier molecular flexibility index (Phi) is 6.62. The lowest BCUT2D eigenvalue weighted by atomic mass is 10.1. The number of nitriles is 1. The lowest BCUT2D eigenvalue weighted by Crippen LogP contribution is -2.26. The van der Waals surface area contributed by atoms with Gasteiger partial charge in [-0.25, -0.2) is 0 Å². The Morgan fingerprint density at radius 1 is 1.15 bits per heavy atom. The summed E-state index contributed by atoms with van der Waals surface area (Å²) in [4.78, 5) is 12.4. The van der Waals surface area contributed by atoms with E-state index in [0.29, 0.717) is 35.2 Å². The van der Waals surface area contributed by atoms with Crippen LogP contribution in [0.1, 0.15) is 48.3 Å². The number of carbonyl (C=O) groups excluding carboxylic acids is 1. The molecule has 2 aromatic rings. The number of ether oxygens (including phenoxy) is 2. The van der Waals surface area contributed by atoms with Gasteiger partial charge in [0.15, 0.2) is 11.5 Å². The van der Waals surface area contributed by atoms with Crippen molar-refractivity contribution in [1.29, 1.82) is 5.26 Å². The van der Waals surface area contributed by atoms with Crippen LogP contribution in [0.2, 0.25) is 0 Å². The van der Waals surface area contributed by atoms with E-state index in [0.717, 1.165) is 5.56 Å². The predicted molar refractivity (Wildman–Crippen MR) is 100 cm³/mol. The topological polar surface area (TPSA) is 71.3 Å². The smallest absolute Gasteiger partial charge is 0.251 e. The molecule has 1 N–H and O–H groups in total. The van der Waals surface area contributed by atoms with Crippen LogP contribution in [0.25, 0.3) is 0 Å². The number of rotatable bonds is 7. The molecular weight excluding hydrogens is 328 g/mol. The molecule has 1 amide bonds. The second-order valence-corrected chi connectivity index (χ2v) is 6.50. The van der Waals surface area contributed by atoms with E-state index in [2.05, 4.69) is 19.2 Å². The summed E-state index contributed by atoms with van der Waals surface area (Å²) in [5.74, 6) is 1.51. The van der Waals surface area contributed by atoms with E-state index in [1.165, 1.54) is 0 Å². The minimum Gasteiger partial charge on any atom is -0.493 e. The van der Waals surface area contributed by atoms with Gasteiger partial charge in [-0.05, 0) is 48.7 Å². The van der Waals surface area contributed by atoms with E-state index in [4.69, 9.17) is 14.7 Å². The van der Waals surface area contributed by atoms with E-state index in [1.807, 2.05) is 31.2 Å². The largest absolute Gasteiger partial charge is 0.493 e. The summed E-state index contributed by atoms with van der Waals surface area (Å²) in [7, 11) is 1.60. The van der Waals surface area contributed by atoms with E-state index >= 15 is 0 Å². The van der Waals surface area contributed by atoms with Crippen LogP contribution < -0.4 is 14.8 Å². The van der Waals surface area contributed by atoms with Crippen LogP contribution in [0, 0.1) is 17.2 Å². The van der Waals surface area contributed by atoms with Crippen LogP contribution in [0.4, 0.5) is 0 Å². The van der Waals surface area contributed by atoms with Gasteiger partial charge in [0.25, 0.3) is 5.91 Å². The fraction of sp³-hybridized carbons (Fsp3) is 0.333. The van der Waals surface area contributed by atoms with Gasteiger partial charge in [0.1, 0.15) is 0 Å². The van der Waals surface area contributed by atoms with Crippen molar-refractivity contribution >= 4 is 5.91 Å². The fourth-order valence-corrected chi connectivity index (χ4v) is 2.42. The van der Waals surface area contributed by atoms with Crippen molar-refractivity contribution in [3.63, 3.8) is 0 Å². The summed E-state index contributed by atoms with van der Waals surface area (Å²) in [5.41, 5.74) is 1.82. The molecule has 0 saturated heterocycles. The van der Waals surface area contributed by atoms with E-state index in [-0.39, 0.29) is 11.9 Å². The molecule has 0 aliphatic rings. The molecule has 26 heavy (non-hydrogen) atoms. The van der Waals surface area contributed by atoms with Crippen molar-refractivity contribution in [2.45, 2.75) is 26.8 Å². The zero-order valence-electron chi connectivity index (χ0n) is 15.6. The molecule has 0 aliphatic heterocycles. The van der Waals surface area contributed by atoms with Gasteiger partial charge in [-0.15, -0.1) is 0 Å². The van der Waals surface area contributed by atoms with E-state index < -0.39 is 0 Å². The quantitative estimate of drug-likeness (QED) is 0.814. The second kappa shape index (κ2) is 8.91. The Bertz CT molecular complexity index is 809. The summed E-state index contributed by atoms with van der Waals surface area (Å²) in [5, 5.41) is 11.9. The highest BCUT2D eigenvalue weighted by Crippen LogP contribution is 2.30. The molecule has 0 fully saturated rings. The molecule has 0 bridgehead atoms. The molecule has 2 rings (SSSR count). The van der Waals surface area contributed by atoms with Crippen molar-refractivity contribution in [3.05, 3.63) is 59.2 Å². The van der Waals surface area contributed by atoms with Gasteiger partial charge in [-0.3, -0.25) is 4.79 Å². The maximum Gasteiger partial charge on any atom is 0.251 e. The third kappa shape index (κ3) is 5.00. The first-order valence-electron chi connectivity index (χ1n) is 8.56. The Balaban J connectivity index is 2.12. The van der Waals surface area contributed by atoms with Crippen LogP contribution in [0.3, 0.4) is 0 Å². The lowest BCUT2D eigenvalue weighted by Gasteiger charge is -2.18. The zero-order valence-corrected chi connectivity index (χ0v) is 15.6. The highest BCUT2D eigenvalue weighted by molar-refractivity contribution is 5.94. The fourth-order valence-electron chi connectivity index (χ4n) is 2.42. The van der Waals surface area contributed by atoms with Gasteiger partial charge in [0.2, 0.25) is 0 Å². The van der Waals surface area contributed by atoms with Crippen LogP contribution in [-0.2, 0) is 0 Å². The van der Waals surface area contributed by atoms with Gasteiger partial charge in [-0.1, -0.05) is 26.0 Å². The first-order valence-corrected chi connectivity index (χ1v) is 8.56. The van der Waals surface area contributed by atoms with E-state index in [9.17, 15) is 4.79 Å². The maximum absolute atomic E-state index is 12.4. The molecule has 0 spiro atoms. The van der Waals surface area contributed by atoms with Crippen LogP contribution in [0.15, 0.2) is 42.5 Å². The number of amides is 1. The van der Waals surface area contributed by atoms with Gasteiger partial charge in [0.05, 0.1) is 31.4 Å². The number of nitrogens with one attached hydrogen (secondary N) is 1. The Labute approximate surface area is 154 Å². The van der Waals surface area contributed by atoms with E-state index in [1.54, 1.807) is 31.4 Å². The number of nitrogens with zero attached hydrogens (tertiary/aromatic N) is 1. The standard InChI is InChI=1S/C21H24N2O3/c1-14(2)13-26-19-9-8-17(11-20(19)25-4)15(3)23-21(24)18-7-5-6-16(10-18)12-22/h5-11,14-15H,13H2,1-4H3,(H,23,24). The minimum absolute atomic E-state index is 0.221. The number of carbonyl (C=O) groups is 1. The zero-order chi connectivity index (χ0) is 19.1. The first kappa shape index (κ1) is 19.3. The molecule has 0 saturated carbocycles. The SMILES string of the molecule is COc1cc(C(C)NC(=O)c2cccc(C#N)c2)ccc1OCC(C)C. The second-order valence-electron chi connectivity index (χ2n) is 6.50. The van der Waals surface area contributed by atoms with Gasteiger partial charge >= 0.3 is 0 Å². The summed E-state index contributed by atoms with van der Waals surface area (Å²) < 4.78 is 11.2. The summed E-state index contributed by atoms with van der Waals surface area (Å²) in [6.07, 6.45) is 0. The average molecular weight is 352 g/mol. The molecule has 0 radical (unpaired) electrons. The average Bonchev–Trinajstić information content (AvgIpc) is 2.65. The third-order valence-electron chi connectivity index (χ3n) is 3.86. The Morgan fingerprint density at radius 3 is 2.58 bits per heavy atom. The van der Waals surface area contributed by atoms with Crippen molar-refractivity contribution in [3.8, 4) is 17.6 Å². The maximum atomic E-state index is 12.4. The predicted octanol–water partition coefficient (Wildman–Crippen LogP) is 4.09. The molecule has 2 aromatic carbocycles. The number of hydrogen-bond donors (Lipinski definition) is 1. The van der Waals surface area contributed by atoms with Crippen molar-refractivity contribution in [2.24, 2.45) is 5.92 Å². The number of benzene rings is 2. The highest BCUT2D eigenvalue weighted by atomic mass is 16.5. The Hall–Kier alpha value is -3.00. The first-order chi connectivity index (χ1) is 12.4. The monoisotopic (exact) mass is 352 g/mol. The van der Waals surface area contributed by atoms with Gasteiger partial charge in [-0.2, -0.15) is 5.26 Å². The van der Waals surface area contributed by atoms with Crippen molar-refractivity contribution in [2.75, 3.05) is 13.7 Å². The molecule has 1 atom stereocenters. The van der Waals surface area contributed by atoms with Crippen LogP contribution in [0.5, 0.6) is 11.5 Å². The number of hydrogen-bond acceptors (Lipinski definition) is 4. The molecule has 1 unspecified atom stereocenters. The molecule has 5 nitrogen and oxygen atoms in total. The minimum atomic E-state index is -0.228. The summed E-state index contributed by atoms with van der Waals surface area (Å²) in [6.45, 7) is 6.67. The number of methoxy groups -OCH3 is 1. The molecular formula is C21H24N2O3.